The number of pyridine rings is 2. The zero-order chi connectivity index (χ0) is 31.8. The van der Waals surface area contributed by atoms with Crippen molar-refractivity contribution < 1.29 is 31.6 Å². The molecule has 0 saturated carbocycles. The molecular formula is C32H39F4N4O2S+. The van der Waals surface area contributed by atoms with Gasteiger partial charge in [-0.05, 0) is 55.2 Å². The van der Waals surface area contributed by atoms with Crippen LogP contribution in [0.5, 0.6) is 11.5 Å². The van der Waals surface area contributed by atoms with Crippen molar-refractivity contribution in [1.82, 2.24) is 9.97 Å². The normalized spacial score (nSPS) is 12.5. The number of thiazole rings is 1. The van der Waals surface area contributed by atoms with Gasteiger partial charge in [-0.15, -0.1) is 11.3 Å². The van der Waals surface area contributed by atoms with Crippen LogP contribution in [0.15, 0.2) is 72.6 Å². The number of hydrogen-bond donors (Lipinski definition) is 1. The first-order valence-electron chi connectivity index (χ1n) is 14.0. The van der Waals surface area contributed by atoms with Crippen molar-refractivity contribution in [2.24, 2.45) is 7.05 Å². The van der Waals surface area contributed by atoms with Crippen LogP contribution in [0.2, 0.25) is 0 Å². The fourth-order valence-corrected chi connectivity index (χ4v) is 5.34. The fraction of sp³-hybridized carbons (Fsp3) is 0.406. The van der Waals surface area contributed by atoms with E-state index in [0.717, 1.165) is 16.1 Å². The molecule has 0 saturated heterocycles. The number of aryl methyl sites for hydroxylation is 1. The summed E-state index contributed by atoms with van der Waals surface area (Å²) in [7, 11) is 1.91. The van der Waals surface area contributed by atoms with E-state index in [9.17, 15) is 17.6 Å². The number of hydrogen-bond acceptors (Lipinski definition) is 6. The summed E-state index contributed by atoms with van der Waals surface area (Å²) < 4.78 is 63.0. The molecule has 4 rings (SSSR count). The maximum Gasteiger partial charge on any atom is 0.387 e. The quantitative estimate of drug-likeness (QED) is 0.128. The SMILES string of the molecule is CC.C[n+]1ccc(CC(c2ccc(NC(C)(C)C(C)(C)c3nccs3)nc2)c2ccc(OC(F)F)c(OC(F)F)c2)cc1. The van der Waals surface area contributed by atoms with Gasteiger partial charge in [0.1, 0.15) is 17.9 Å². The van der Waals surface area contributed by atoms with Gasteiger partial charge in [0.25, 0.3) is 0 Å². The Morgan fingerprint density at radius 3 is 2.05 bits per heavy atom. The molecule has 3 heterocycles. The van der Waals surface area contributed by atoms with E-state index < -0.39 is 30.3 Å². The molecule has 1 N–H and O–H groups in total. The number of ether oxygens (including phenoxy) is 2. The Morgan fingerprint density at radius 1 is 0.860 bits per heavy atom. The van der Waals surface area contributed by atoms with E-state index in [2.05, 4.69) is 52.5 Å². The van der Waals surface area contributed by atoms with Gasteiger partial charge in [-0.3, -0.25) is 0 Å². The first-order chi connectivity index (χ1) is 20.4. The highest BCUT2D eigenvalue weighted by molar-refractivity contribution is 7.09. The van der Waals surface area contributed by atoms with Crippen molar-refractivity contribution in [2.75, 3.05) is 5.32 Å². The van der Waals surface area contributed by atoms with Crippen LogP contribution in [0.25, 0.3) is 0 Å². The molecular weight excluding hydrogens is 580 g/mol. The third kappa shape index (κ3) is 8.65. The monoisotopic (exact) mass is 619 g/mol. The molecule has 0 amide bonds. The first kappa shape index (κ1) is 33.8. The number of halogens is 4. The molecule has 0 aliphatic carbocycles. The van der Waals surface area contributed by atoms with Gasteiger partial charge in [0.05, 0.1) is 0 Å². The van der Waals surface area contributed by atoms with E-state index in [1.807, 2.05) is 67.5 Å². The van der Waals surface area contributed by atoms with Crippen LogP contribution in [0, 0.1) is 0 Å². The summed E-state index contributed by atoms with van der Waals surface area (Å²) in [4.78, 5) is 9.19. The predicted molar refractivity (Wildman–Crippen MR) is 161 cm³/mol. The highest BCUT2D eigenvalue weighted by atomic mass is 32.1. The van der Waals surface area contributed by atoms with E-state index in [-0.39, 0.29) is 11.3 Å². The van der Waals surface area contributed by atoms with Crippen LogP contribution in [-0.2, 0) is 18.9 Å². The second-order valence-corrected chi connectivity index (χ2v) is 11.7. The van der Waals surface area contributed by atoms with E-state index in [1.54, 1.807) is 29.8 Å². The van der Waals surface area contributed by atoms with Gasteiger partial charge in [-0.1, -0.05) is 39.8 Å². The number of rotatable bonds is 12. The summed E-state index contributed by atoms with van der Waals surface area (Å²) in [5, 5.41) is 6.49. The van der Waals surface area contributed by atoms with Gasteiger partial charge in [0, 0.05) is 46.8 Å². The highest BCUT2D eigenvalue weighted by Crippen LogP contribution is 2.39. The Hall–Kier alpha value is -3.73. The Bertz CT molecular complexity index is 1410. The van der Waals surface area contributed by atoms with Crippen molar-refractivity contribution in [2.45, 2.75) is 78.1 Å². The molecule has 0 aliphatic rings. The molecule has 0 radical (unpaired) electrons. The van der Waals surface area contributed by atoms with Crippen LogP contribution in [0.3, 0.4) is 0 Å². The second-order valence-electron chi connectivity index (χ2n) is 10.8. The molecule has 3 aromatic heterocycles. The predicted octanol–water partition coefficient (Wildman–Crippen LogP) is 8.13. The molecule has 1 atom stereocenters. The molecule has 0 aliphatic heterocycles. The first-order valence-corrected chi connectivity index (χ1v) is 14.9. The zero-order valence-corrected chi connectivity index (χ0v) is 26.3. The number of aromatic nitrogens is 3. The van der Waals surface area contributed by atoms with E-state index in [1.165, 1.54) is 12.1 Å². The van der Waals surface area contributed by atoms with Crippen LogP contribution < -0.4 is 19.4 Å². The van der Waals surface area contributed by atoms with Crippen molar-refractivity contribution in [3.05, 3.63) is 94.3 Å². The summed E-state index contributed by atoms with van der Waals surface area (Å²) in [6.07, 6.45) is 7.85. The molecule has 232 valence electrons. The standard InChI is InChI=1S/C30H33F4N4O2S.C2H6/c1-29(2,26-35-12-15-41-26)30(3,4)37-25-9-7-21(18-36-25)22(16-19-10-13-38(5)14-11-19)20-6-8-23(39-27(31)32)24(17-20)40-28(33)34;1-2/h6-15,17-18,22,27-28H,16H2,1-5H3,(H,36,37);1-2H3/q+1;. The summed E-state index contributed by atoms with van der Waals surface area (Å²) in [6, 6.07) is 11.8. The molecule has 11 heteroatoms. The zero-order valence-electron chi connectivity index (χ0n) is 25.4. The maximum atomic E-state index is 13.1. The number of benzene rings is 1. The summed E-state index contributed by atoms with van der Waals surface area (Å²) in [5.74, 6) is -0.599. The molecule has 0 fully saturated rings. The summed E-state index contributed by atoms with van der Waals surface area (Å²) in [5.41, 5.74) is 1.69. The number of alkyl halides is 4. The molecule has 43 heavy (non-hydrogen) atoms. The second kappa shape index (κ2) is 14.6. The Morgan fingerprint density at radius 2 is 1.49 bits per heavy atom. The Labute approximate surface area is 254 Å². The summed E-state index contributed by atoms with van der Waals surface area (Å²) >= 11 is 1.60. The minimum atomic E-state index is -3.21. The topological polar surface area (TPSA) is 60.2 Å². The Balaban J connectivity index is 0.00000248. The lowest BCUT2D eigenvalue weighted by Crippen LogP contribution is -2.49. The average molecular weight is 620 g/mol. The number of anilines is 1. The van der Waals surface area contributed by atoms with Gasteiger partial charge in [-0.25, -0.2) is 14.5 Å². The van der Waals surface area contributed by atoms with Crippen LogP contribution >= 0.6 is 11.3 Å². The number of nitrogens with one attached hydrogen (secondary N) is 1. The van der Waals surface area contributed by atoms with E-state index in [4.69, 9.17) is 0 Å². The third-order valence-electron chi connectivity index (χ3n) is 7.45. The van der Waals surface area contributed by atoms with Crippen molar-refractivity contribution in [3.8, 4) is 11.5 Å². The summed E-state index contributed by atoms with van der Waals surface area (Å²) in [6.45, 7) is 6.05. The molecule has 4 aromatic rings. The van der Waals surface area contributed by atoms with Crippen LogP contribution in [0.4, 0.5) is 23.4 Å². The van der Waals surface area contributed by atoms with Gasteiger partial charge in [0.15, 0.2) is 23.9 Å². The van der Waals surface area contributed by atoms with E-state index >= 15 is 0 Å². The molecule has 0 spiro atoms. The average Bonchev–Trinajstić information content (AvgIpc) is 3.51. The van der Waals surface area contributed by atoms with Crippen molar-refractivity contribution in [1.29, 1.82) is 0 Å². The lowest BCUT2D eigenvalue weighted by Gasteiger charge is -2.41. The van der Waals surface area contributed by atoms with Crippen molar-refractivity contribution in [3.63, 3.8) is 0 Å². The lowest BCUT2D eigenvalue weighted by molar-refractivity contribution is -0.671. The van der Waals surface area contributed by atoms with Crippen LogP contribution in [0.1, 0.15) is 69.2 Å². The number of nitrogens with zero attached hydrogens (tertiary/aromatic N) is 3. The van der Waals surface area contributed by atoms with Gasteiger partial charge in [-0.2, -0.15) is 17.6 Å². The highest BCUT2D eigenvalue weighted by Gasteiger charge is 2.40. The molecule has 6 nitrogen and oxygen atoms in total. The molecule has 0 bridgehead atoms. The minimum absolute atomic E-state index is 0.295. The van der Waals surface area contributed by atoms with Crippen LogP contribution in [-0.4, -0.2) is 28.7 Å². The lowest BCUT2D eigenvalue weighted by atomic mass is 9.75. The smallest absolute Gasteiger partial charge is 0.387 e. The van der Waals surface area contributed by atoms with Gasteiger partial charge in [0.2, 0.25) is 0 Å². The van der Waals surface area contributed by atoms with Crippen molar-refractivity contribution >= 4 is 17.2 Å². The Kier molecular flexibility index (Phi) is 11.5. The van der Waals surface area contributed by atoms with Gasteiger partial charge < -0.3 is 14.8 Å². The van der Waals surface area contributed by atoms with Gasteiger partial charge >= 0.3 is 13.2 Å². The largest absolute Gasteiger partial charge is 0.431 e. The minimum Gasteiger partial charge on any atom is -0.431 e. The van der Waals surface area contributed by atoms with E-state index in [0.29, 0.717) is 17.8 Å². The molecule has 1 unspecified atom stereocenters. The fourth-order valence-electron chi connectivity index (χ4n) is 4.42. The third-order valence-corrected chi connectivity index (χ3v) is 8.55. The molecule has 1 aromatic carbocycles. The maximum absolute atomic E-state index is 13.1.